The first-order valence-electron chi connectivity index (χ1n) is 10.0. The Kier molecular flexibility index (Phi) is 5.59. The predicted molar refractivity (Wildman–Crippen MR) is 109 cm³/mol. The normalized spacial score (nSPS) is 21.8. The van der Waals surface area contributed by atoms with Crippen LogP contribution in [0, 0.1) is 12.8 Å². The summed E-state index contributed by atoms with van der Waals surface area (Å²) in [6.45, 7) is 14.0. The van der Waals surface area contributed by atoms with E-state index in [4.69, 9.17) is 9.47 Å². The van der Waals surface area contributed by atoms with Crippen molar-refractivity contribution in [1.82, 2.24) is 14.9 Å². The monoisotopic (exact) mass is 391 g/mol. The molecule has 1 N–H and O–H groups in total. The molecule has 0 radical (unpaired) electrons. The Morgan fingerprint density at radius 3 is 2.71 bits per heavy atom. The van der Waals surface area contributed by atoms with Crippen molar-refractivity contribution in [3.63, 3.8) is 0 Å². The van der Waals surface area contributed by atoms with Crippen LogP contribution in [0.5, 0.6) is 5.75 Å². The third kappa shape index (κ3) is 4.42. The SMILES string of the molecule is Cc1nc2c(c(N3CC[C@@H](N(C)C(=O)OC(C)(C)C)C3)n1)OCC(C(C)C)N2. The van der Waals surface area contributed by atoms with Crippen LogP contribution < -0.4 is 15.0 Å². The van der Waals surface area contributed by atoms with Crippen LogP contribution in [0.2, 0.25) is 0 Å². The maximum absolute atomic E-state index is 12.4. The minimum absolute atomic E-state index is 0.0701. The average Bonchev–Trinajstić information content (AvgIpc) is 3.07. The Morgan fingerprint density at radius 1 is 1.36 bits per heavy atom. The highest BCUT2D eigenvalue weighted by Gasteiger charge is 2.35. The van der Waals surface area contributed by atoms with E-state index in [1.54, 1.807) is 11.9 Å². The molecule has 3 heterocycles. The van der Waals surface area contributed by atoms with Gasteiger partial charge in [0.05, 0.1) is 12.1 Å². The summed E-state index contributed by atoms with van der Waals surface area (Å²) < 4.78 is 11.6. The third-order valence-electron chi connectivity index (χ3n) is 5.19. The van der Waals surface area contributed by atoms with Gasteiger partial charge >= 0.3 is 6.09 Å². The van der Waals surface area contributed by atoms with Crippen LogP contribution in [-0.2, 0) is 4.74 Å². The Bertz CT molecular complexity index is 731. The molecule has 0 saturated carbocycles. The molecule has 0 bridgehead atoms. The average molecular weight is 392 g/mol. The smallest absolute Gasteiger partial charge is 0.410 e. The highest BCUT2D eigenvalue weighted by molar-refractivity contribution is 5.69. The minimum Gasteiger partial charge on any atom is -0.484 e. The summed E-state index contributed by atoms with van der Waals surface area (Å²) in [4.78, 5) is 25.5. The number of aromatic nitrogens is 2. The molecular formula is C20H33N5O3. The van der Waals surface area contributed by atoms with Crippen LogP contribution in [0.3, 0.4) is 0 Å². The van der Waals surface area contributed by atoms with Gasteiger partial charge in [0.15, 0.2) is 11.6 Å². The Balaban J connectivity index is 1.75. The van der Waals surface area contributed by atoms with Gasteiger partial charge in [-0.3, -0.25) is 0 Å². The second kappa shape index (κ2) is 7.64. The zero-order valence-corrected chi connectivity index (χ0v) is 18.1. The van der Waals surface area contributed by atoms with E-state index in [1.165, 1.54) is 0 Å². The molecular weight excluding hydrogens is 358 g/mol. The fraction of sp³-hybridized carbons (Fsp3) is 0.750. The number of hydrogen-bond acceptors (Lipinski definition) is 7. The zero-order chi connectivity index (χ0) is 20.6. The summed E-state index contributed by atoms with van der Waals surface area (Å²) in [5, 5.41) is 3.49. The molecule has 0 aliphatic carbocycles. The van der Waals surface area contributed by atoms with Gasteiger partial charge in [-0.2, -0.15) is 0 Å². The molecule has 28 heavy (non-hydrogen) atoms. The van der Waals surface area contributed by atoms with E-state index in [2.05, 4.69) is 34.0 Å². The Hall–Kier alpha value is -2.25. The van der Waals surface area contributed by atoms with Crippen molar-refractivity contribution in [2.24, 2.45) is 5.92 Å². The molecule has 2 atom stereocenters. The van der Waals surface area contributed by atoms with Gasteiger partial charge in [-0.05, 0) is 40.0 Å². The maximum Gasteiger partial charge on any atom is 0.410 e. The predicted octanol–water partition coefficient (Wildman–Crippen LogP) is 3.06. The molecule has 8 nitrogen and oxygen atoms in total. The molecule has 3 rings (SSSR count). The van der Waals surface area contributed by atoms with Gasteiger partial charge in [-0.25, -0.2) is 14.8 Å². The first kappa shape index (κ1) is 20.5. The number of nitrogens with one attached hydrogen (secondary N) is 1. The third-order valence-corrected chi connectivity index (χ3v) is 5.19. The van der Waals surface area contributed by atoms with Crippen molar-refractivity contribution in [2.45, 2.75) is 65.6 Å². The quantitative estimate of drug-likeness (QED) is 0.848. The van der Waals surface area contributed by atoms with Crippen LogP contribution in [0.25, 0.3) is 0 Å². The summed E-state index contributed by atoms with van der Waals surface area (Å²) in [7, 11) is 1.80. The first-order chi connectivity index (χ1) is 13.0. The molecule has 1 aromatic heterocycles. The molecule has 1 aromatic rings. The first-order valence-corrected chi connectivity index (χ1v) is 10.0. The molecule has 2 aliphatic rings. The summed E-state index contributed by atoms with van der Waals surface area (Å²) in [5.74, 6) is 3.43. The number of amides is 1. The summed E-state index contributed by atoms with van der Waals surface area (Å²) in [6, 6.07) is 0.306. The number of hydrogen-bond donors (Lipinski definition) is 1. The number of aryl methyl sites for hydroxylation is 1. The molecule has 1 amide bonds. The lowest BCUT2D eigenvalue weighted by molar-refractivity contribution is 0.0238. The van der Waals surface area contributed by atoms with E-state index < -0.39 is 5.60 Å². The van der Waals surface area contributed by atoms with Crippen LogP contribution in [-0.4, -0.2) is 65.4 Å². The number of carbonyl (C=O) groups excluding carboxylic acids is 1. The van der Waals surface area contributed by atoms with E-state index in [9.17, 15) is 4.79 Å². The Morgan fingerprint density at radius 2 is 2.07 bits per heavy atom. The topological polar surface area (TPSA) is 79.8 Å². The fourth-order valence-corrected chi connectivity index (χ4v) is 3.48. The van der Waals surface area contributed by atoms with Gasteiger partial charge in [0.25, 0.3) is 0 Å². The van der Waals surface area contributed by atoms with Crippen molar-refractivity contribution in [2.75, 3.05) is 37.0 Å². The maximum atomic E-state index is 12.4. The highest BCUT2D eigenvalue weighted by Crippen LogP contribution is 2.38. The molecule has 1 fully saturated rings. The van der Waals surface area contributed by atoms with Crippen molar-refractivity contribution in [1.29, 1.82) is 0 Å². The number of likely N-dealkylation sites (N-methyl/N-ethyl adjacent to an activating group) is 1. The van der Waals surface area contributed by atoms with Gasteiger partial charge in [-0.15, -0.1) is 0 Å². The molecule has 0 aromatic carbocycles. The van der Waals surface area contributed by atoms with Crippen LogP contribution in [0.15, 0.2) is 0 Å². The van der Waals surface area contributed by atoms with E-state index in [-0.39, 0.29) is 18.2 Å². The lowest BCUT2D eigenvalue weighted by Crippen LogP contribution is -2.42. The molecule has 1 saturated heterocycles. The Labute approximate surface area is 167 Å². The van der Waals surface area contributed by atoms with Crippen LogP contribution in [0.4, 0.5) is 16.4 Å². The number of anilines is 2. The molecule has 2 aliphatic heterocycles. The standard InChI is InChI=1S/C20H33N5O3/c1-12(2)15-11-27-16-17(23-15)21-13(3)22-18(16)25-9-8-14(10-25)24(7)19(26)28-20(4,5)6/h12,14-15H,8-11H2,1-7H3,(H,21,22,23)/t14-,15?/m1/s1. The minimum atomic E-state index is -0.501. The molecule has 8 heteroatoms. The lowest BCUT2D eigenvalue weighted by atomic mass is 10.0. The van der Waals surface area contributed by atoms with Crippen molar-refractivity contribution < 1.29 is 14.3 Å². The van der Waals surface area contributed by atoms with E-state index in [0.29, 0.717) is 30.6 Å². The van der Waals surface area contributed by atoms with E-state index in [1.807, 2.05) is 27.7 Å². The van der Waals surface area contributed by atoms with Crippen LogP contribution >= 0.6 is 0 Å². The van der Waals surface area contributed by atoms with E-state index in [0.717, 1.165) is 24.6 Å². The van der Waals surface area contributed by atoms with Gasteiger partial charge in [-0.1, -0.05) is 13.8 Å². The van der Waals surface area contributed by atoms with Crippen molar-refractivity contribution >= 4 is 17.7 Å². The van der Waals surface area contributed by atoms with Crippen molar-refractivity contribution in [3.05, 3.63) is 5.82 Å². The second-order valence-corrected chi connectivity index (χ2v) is 9.06. The number of carbonyl (C=O) groups is 1. The van der Waals surface area contributed by atoms with Crippen molar-refractivity contribution in [3.8, 4) is 5.75 Å². The zero-order valence-electron chi connectivity index (χ0n) is 18.1. The van der Waals surface area contributed by atoms with Gasteiger partial charge < -0.3 is 24.6 Å². The van der Waals surface area contributed by atoms with Gasteiger partial charge in [0, 0.05) is 20.1 Å². The number of ether oxygens (including phenoxy) is 2. The largest absolute Gasteiger partial charge is 0.484 e. The molecule has 1 unspecified atom stereocenters. The molecule has 156 valence electrons. The molecule has 0 spiro atoms. The van der Waals surface area contributed by atoms with Gasteiger partial charge in [0.2, 0.25) is 5.75 Å². The van der Waals surface area contributed by atoms with E-state index >= 15 is 0 Å². The second-order valence-electron chi connectivity index (χ2n) is 9.06. The summed E-state index contributed by atoms with van der Waals surface area (Å²) in [6.07, 6.45) is 0.563. The summed E-state index contributed by atoms with van der Waals surface area (Å²) in [5.41, 5.74) is -0.501. The number of fused-ring (bicyclic) bond motifs is 1. The lowest BCUT2D eigenvalue weighted by Gasteiger charge is -2.32. The highest BCUT2D eigenvalue weighted by atomic mass is 16.6. The van der Waals surface area contributed by atoms with Gasteiger partial charge in [0.1, 0.15) is 18.0 Å². The summed E-state index contributed by atoms with van der Waals surface area (Å²) >= 11 is 0. The number of nitrogens with zero attached hydrogens (tertiary/aromatic N) is 4. The fourth-order valence-electron chi connectivity index (χ4n) is 3.48. The van der Waals surface area contributed by atoms with Crippen LogP contribution in [0.1, 0.15) is 46.9 Å². The number of rotatable bonds is 3.